The minimum Gasteiger partial charge on any atom is -0.461 e. The number of carbonyl (C=O) groups is 2. The first-order chi connectivity index (χ1) is 13.1. The molecule has 1 aromatic rings. The molecule has 0 fully saturated rings. The minimum atomic E-state index is -1.16. The first kappa shape index (κ1) is 23.4. The van der Waals surface area contributed by atoms with Crippen molar-refractivity contribution < 1.29 is 18.7 Å². The van der Waals surface area contributed by atoms with Crippen LogP contribution in [0.1, 0.15) is 106 Å². The van der Waals surface area contributed by atoms with Gasteiger partial charge < -0.3 is 4.74 Å². The van der Waals surface area contributed by atoms with Gasteiger partial charge in [-0.1, -0.05) is 71.1 Å². The molecule has 0 bridgehead atoms. The molecule has 154 valence electrons. The van der Waals surface area contributed by atoms with E-state index in [0.717, 1.165) is 19.3 Å². The largest absolute Gasteiger partial charge is 0.461 e. The molecular weight excluding hydrogens is 345 g/mol. The lowest BCUT2D eigenvalue weighted by atomic mass is 10.0. The van der Waals surface area contributed by atoms with Crippen molar-refractivity contribution >= 4 is 11.9 Å². The third kappa shape index (κ3) is 9.73. The van der Waals surface area contributed by atoms with Crippen LogP contribution in [0.5, 0.6) is 0 Å². The summed E-state index contributed by atoms with van der Waals surface area (Å²) in [6.45, 7) is 4.17. The van der Waals surface area contributed by atoms with Crippen molar-refractivity contribution in [2.24, 2.45) is 0 Å². The standard InChI is InChI=1S/C22H36FNO3/c1-3-5-6-7-8-9-10-11-12-13-15-19(23)18-21(25)24-17-14-16-20(24)22(26)27-4-2/h14,16-17,19H,3-13,15,18H2,1-2H3. The second-order valence-electron chi connectivity index (χ2n) is 7.15. The first-order valence-corrected chi connectivity index (χ1v) is 10.6. The van der Waals surface area contributed by atoms with E-state index >= 15 is 0 Å². The fourth-order valence-corrected chi connectivity index (χ4v) is 3.21. The van der Waals surface area contributed by atoms with Gasteiger partial charge in [0.25, 0.3) is 0 Å². The molecule has 0 aliphatic heterocycles. The molecule has 4 nitrogen and oxygen atoms in total. The van der Waals surface area contributed by atoms with Crippen LogP contribution in [-0.2, 0) is 4.74 Å². The number of rotatable bonds is 15. The summed E-state index contributed by atoms with van der Waals surface area (Å²) >= 11 is 0. The predicted molar refractivity (Wildman–Crippen MR) is 107 cm³/mol. The van der Waals surface area contributed by atoms with Gasteiger partial charge in [-0.25, -0.2) is 9.18 Å². The highest BCUT2D eigenvalue weighted by Gasteiger charge is 2.19. The van der Waals surface area contributed by atoms with Gasteiger partial charge in [-0.05, 0) is 25.5 Å². The van der Waals surface area contributed by atoms with E-state index in [-0.39, 0.29) is 18.7 Å². The lowest BCUT2D eigenvalue weighted by molar-refractivity contribution is 0.0506. The SMILES string of the molecule is CCCCCCCCCCCCC(F)CC(=O)n1cccc1C(=O)OCC. The molecule has 0 spiro atoms. The molecule has 27 heavy (non-hydrogen) atoms. The van der Waals surface area contributed by atoms with Crippen LogP contribution in [0.4, 0.5) is 4.39 Å². The van der Waals surface area contributed by atoms with Crippen molar-refractivity contribution in [1.82, 2.24) is 4.57 Å². The minimum absolute atomic E-state index is 0.160. The Morgan fingerprint density at radius 1 is 1.00 bits per heavy atom. The van der Waals surface area contributed by atoms with E-state index in [4.69, 9.17) is 4.74 Å². The number of unbranched alkanes of at least 4 members (excludes halogenated alkanes) is 9. The van der Waals surface area contributed by atoms with Crippen LogP contribution >= 0.6 is 0 Å². The molecule has 0 saturated carbocycles. The molecule has 1 rings (SSSR count). The van der Waals surface area contributed by atoms with Crippen LogP contribution in [-0.4, -0.2) is 29.2 Å². The second kappa shape index (κ2) is 14.4. The quantitative estimate of drug-likeness (QED) is 0.263. The summed E-state index contributed by atoms with van der Waals surface area (Å²) in [5.74, 6) is -0.955. The molecule has 1 unspecified atom stereocenters. The molecule has 0 radical (unpaired) electrons. The summed E-state index contributed by atoms with van der Waals surface area (Å²) < 4.78 is 20.2. The number of carbonyl (C=O) groups excluding carboxylic acids is 2. The number of ether oxygens (including phenoxy) is 1. The first-order valence-electron chi connectivity index (χ1n) is 10.6. The van der Waals surface area contributed by atoms with Crippen LogP contribution < -0.4 is 0 Å². The number of hydrogen-bond acceptors (Lipinski definition) is 3. The lowest BCUT2D eigenvalue weighted by Gasteiger charge is -2.10. The number of halogens is 1. The fourth-order valence-electron chi connectivity index (χ4n) is 3.21. The maximum absolute atomic E-state index is 14.1. The van der Waals surface area contributed by atoms with E-state index in [1.54, 1.807) is 13.0 Å². The predicted octanol–water partition coefficient (Wildman–Crippen LogP) is 6.34. The van der Waals surface area contributed by atoms with Crippen molar-refractivity contribution in [3.05, 3.63) is 24.0 Å². The Labute approximate surface area is 163 Å². The fraction of sp³-hybridized carbons (Fsp3) is 0.727. The summed E-state index contributed by atoms with van der Waals surface area (Å²) in [6.07, 6.45) is 12.6. The van der Waals surface area contributed by atoms with Gasteiger partial charge in [0, 0.05) is 6.20 Å². The van der Waals surface area contributed by atoms with Crippen molar-refractivity contribution in [2.75, 3.05) is 6.61 Å². The van der Waals surface area contributed by atoms with Gasteiger partial charge in [-0.15, -0.1) is 0 Å². The molecule has 0 saturated heterocycles. The van der Waals surface area contributed by atoms with Crippen molar-refractivity contribution in [2.45, 2.75) is 97.1 Å². The van der Waals surface area contributed by atoms with Gasteiger partial charge >= 0.3 is 5.97 Å². The van der Waals surface area contributed by atoms with Crippen LogP contribution in [0.25, 0.3) is 0 Å². The molecule has 0 amide bonds. The van der Waals surface area contributed by atoms with E-state index in [2.05, 4.69) is 6.92 Å². The van der Waals surface area contributed by atoms with Gasteiger partial charge in [-0.3, -0.25) is 9.36 Å². The Hall–Kier alpha value is -1.65. The normalized spacial score (nSPS) is 12.1. The third-order valence-corrected chi connectivity index (χ3v) is 4.77. The number of esters is 1. The molecule has 0 aliphatic carbocycles. The molecule has 5 heteroatoms. The molecule has 1 atom stereocenters. The Balaban J connectivity index is 2.16. The van der Waals surface area contributed by atoms with Crippen molar-refractivity contribution in [1.29, 1.82) is 0 Å². The zero-order valence-electron chi connectivity index (χ0n) is 17.1. The topological polar surface area (TPSA) is 48.3 Å². The van der Waals surface area contributed by atoms with Crippen LogP contribution in [0.2, 0.25) is 0 Å². The number of nitrogens with zero attached hydrogens (tertiary/aromatic N) is 1. The highest BCUT2D eigenvalue weighted by molar-refractivity contribution is 5.93. The van der Waals surface area contributed by atoms with Crippen LogP contribution in [0.15, 0.2) is 18.3 Å². The summed E-state index contributed by atoms with van der Waals surface area (Å²) in [5, 5.41) is 0. The van der Waals surface area contributed by atoms with Crippen molar-refractivity contribution in [3.63, 3.8) is 0 Å². The average Bonchev–Trinajstić information content (AvgIpc) is 3.13. The second-order valence-corrected chi connectivity index (χ2v) is 7.15. The maximum Gasteiger partial charge on any atom is 0.355 e. The molecule has 1 heterocycles. The monoisotopic (exact) mass is 381 g/mol. The van der Waals surface area contributed by atoms with Crippen LogP contribution in [0, 0.1) is 0 Å². The van der Waals surface area contributed by atoms with E-state index < -0.39 is 18.0 Å². The van der Waals surface area contributed by atoms with Gasteiger partial charge in [0.05, 0.1) is 13.0 Å². The summed E-state index contributed by atoms with van der Waals surface area (Å²) in [6, 6.07) is 3.12. The molecule has 0 N–H and O–H groups in total. The maximum atomic E-state index is 14.1. The van der Waals surface area contributed by atoms with Crippen LogP contribution in [0.3, 0.4) is 0 Å². The van der Waals surface area contributed by atoms with E-state index in [9.17, 15) is 14.0 Å². The van der Waals surface area contributed by atoms with E-state index in [1.807, 2.05) is 0 Å². The summed E-state index contributed by atoms with van der Waals surface area (Å²) in [5.41, 5.74) is 0.160. The average molecular weight is 382 g/mol. The highest BCUT2D eigenvalue weighted by atomic mass is 19.1. The Morgan fingerprint density at radius 2 is 1.59 bits per heavy atom. The smallest absolute Gasteiger partial charge is 0.355 e. The highest BCUT2D eigenvalue weighted by Crippen LogP contribution is 2.16. The molecule has 0 aromatic carbocycles. The Bertz CT molecular complexity index is 541. The zero-order valence-corrected chi connectivity index (χ0v) is 17.1. The lowest BCUT2D eigenvalue weighted by Crippen LogP contribution is -2.21. The Morgan fingerprint density at radius 3 is 2.19 bits per heavy atom. The zero-order chi connectivity index (χ0) is 19.9. The van der Waals surface area contributed by atoms with Gasteiger partial charge in [-0.2, -0.15) is 0 Å². The molecule has 1 aromatic heterocycles. The molecule has 0 aliphatic rings. The summed E-state index contributed by atoms with van der Waals surface area (Å²) in [7, 11) is 0. The van der Waals surface area contributed by atoms with Crippen molar-refractivity contribution in [3.8, 4) is 0 Å². The third-order valence-electron chi connectivity index (χ3n) is 4.77. The number of aromatic nitrogens is 1. The number of hydrogen-bond donors (Lipinski definition) is 0. The summed E-state index contributed by atoms with van der Waals surface area (Å²) in [4.78, 5) is 24.0. The van der Waals surface area contributed by atoms with Gasteiger partial charge in [0.2, 0.25) is 5.91 Å². The van der Waals surface area contributed by atoms with Gasteiger partial charge in [0.15, 0.2) is 0 Å². The Kier molecular flexibility index (Phi) is 12.5. The number of alkyl halides is 1. The molecular formula is C22H36FNO3. The van der Waals surface area contributed by atoms with Gasteiger partial charge in [0.1, 0.15) is 11.9 Å². The van der Waals surface area contributed by atoms with E-state index in [1.165, 1.54) is 61.8 Å². The van der Waals surface area contributed by atoms with E-state index in [0.29, 0.717) is 6.42 Å².